The molecule has 6 nitrogen and oxygen atoms in total. The maximum atomic E-state index is 12.2. The fourth-order valence-corrected chi connectivity index (χ4v) is 2.23. The molecule has 2 N–H and O–H groups in total. The highest BCUT2D eigenvalue weighted by Gasteiger charge is 2.25. The first-order valence-corrected chi connectivity index (χ1v) is 6.18. The van der Waals surface area contributed by atoms with Gasteiger partial charge < -0.3 is 19.9 Å². The summed E-state index contributed by atoms with van der Waals surface area (Å²) in [7, 11) is 1.57. The number of carbonyl (C=O) groups excluding carboxylic acids is 1. The smallest absolute Gasteiger partial charge is 0.276 e. The molecule has 0 spiro atoms. The first-order valence-electron chi connectivity index (χ1n) is 6.18. The van der Waals surface area contributed by atoms with Crippen molar-refractivity contribution in [2.24, 2.45) is 11.7 Å². The van der Waals surface area contributed by atoms with Crippen LogP contribution in [0.15, 0.2) is 10.6 Å². The molecule has 2 rings (SSSR count). The van der Waals surface area contributed by atoms with Crippen LogP contribution in [0.3, 0.4) is 0 Å². The van der Waals surface area contributed by atoms with Gasteiger partial charge in [0.25, 0.3) is 5.91 Å². The van der Waals surface area contributed by atoms with Crippen molar-refractivity contribution < 1.29 is 14.1 Å². The van der Waals surface area contributed by atoms with E-state index in [0.717, 1.165) is 19.4 Å². The van der Waals surface area contributed by atoms with E-state index >= 15 is 0 Å². The summed E-state index contributed by atoms with van der Waals surface area (Å²) < 4.78 is 9.95. The SMILES string of the molecule is COCc1cc(C(=O)N2CCCC(CN)C2)no1. The van der Waals surface area contributed by atoms with Crippen molar-refractivity contribution in [3.05, 3.63) is 17.5 Å². The number of hydrogen-bond acceptors (Lipinski definition) is 5. The number of amides is 1. The second kappa shape index (κ2) is 5.97. The molecule has 0 aromatic carbocycles. The number of methoxy groups -OCH3 is 1. The van der Waals surface area contributed by atoms with E-state index in [1.54, 1.807) is 18.1 Å². The fraction of sp³-hybridized carbons (Fsp3) is 0.667. The van der Waals surface area contributed by atoms with Gasteiger partial charge in [0.2, 0.25) is 0 Å². The van der Waals surface area contributed by atoms with Crippen molar-refractivity contribution in [1.29, 1.82) is 0 Å². The molecule has 100 valence electrons. The number of rotatable bonds is 4. The minimum absolute atomic E-state index is 0.0840. The van der Waals surface area contributed by atoms with Gasteiger partial charge in [0.15, 0.2) is 11.5 Å². The molecule has 1 aliphatic heterocycles. The molecule has 0 bridgehead atoms. The summed E-state index contributed by atoms with van der Waals surface area (Å²) in [6.07, 6.45) is 2.09. The summed E-state index contributed by atoms with van der Waals surface area (Å²) in [5.41, 5.74) is 6.01. The zero-order valence-corrected chi connectivity index (χ0v) is 10.6. The van der Waals surface area contributed by atoms with Gasteiger partial charge in [-0.25, -0.2) is 0 Å². The lowest BCUT2D eigenvalue weighted by atomic mass is 9.98. The van der Waals surface area contributed by atoms with Gasteiger partial charge in [-0.3, -0.25) is 4.79 Å². The monoisotopic (exact) mass is 253 g/mol. The third-order valence-corrected chi connectivity index (χ3v) is 3.20. The molecule has 1 saturated heterocycles. The molecule has 1 fully saturated rings. The largest absolute Gasteiger partial charge is 0.377 e. The fourth-order valence-electron chi connectivity index (χ4n) is 2.23. The molecular weight excluding hydrogens is 234 g/mol. The lowest BCUT2D eigenvalue weighted by molar-refractivity contribution is 0.0667. The van der Waals surface area contributed by atoms with Crippen LogP contribution in [-0.2, 0) is 11.3 Å². The first-order chi connectivity index (χ1) is 8.74. The molecule has 1 amide bonds. The van der Waals surface area contributed by atoms with Gasteiger partial charge >= 0.3 is 0 Å². The Bertz CT molecular complexity index is 405. The number of ether oxygens (including phenoxy) is 1. The highest BCUT2D eigenvalue weighted by Crippen LogP contribution is 2.17. The van der Waals surface area contributed by atoms with Crippen molar-refractivity contribution in [2.75, 3.05) is 26.7 Å². The molecule has 0 radical (unpaired) electrons. The Hall–Kier alpha value is -1.40. The third kappa shape index (κ3) is 2.88. The summed E-state index contributed by atoms with van der Waals surface area (Å²) in [4.78, 5) is 14.0. The molecule has 1 aromatic heterocycles. The summed E-state index contributed by atoms with van der Waals surface area (Å²) in [5, 5.41) is 3.78. The van der Waals surface area contributed by atoms with Crippen molar-refractivity contribution in [2.45, 2.75) is 19.4 Å². The summed E-state index contributed by atoms with van der Waals surface area (Å²) in [6.45, 7) is 2.42. The van der Waals surface area contributed by atoms with Gasteiger partial charge in [0, 0.05) is 26.3 Å². The minimum Gasteiger partial charge on any atom is -0.377 e. The topological polar surface area (TPSA) is 81.6 Å². The van der Waals surface area contributed by atoms with E-state index in [-0.39, 0.29) is 5.91 Å². The Kier molecular flexibility index (Phi) is 4.33. The Morgan fingerprint density at radius 2 is 2.56 bits per heavy atom. The standard InChI is InChI=1S/C12H19N3O3/c1-17-8-10-5-11(14-18-10)12(16)15-4-2-3-9(6-13)7-15/h5,9H,2-4,6-8,13H2,1H3. The Balaban J connectivity index is 2.00. The number of aromatic nitrogens is 1. The number of carbonyl (C=O) groups is 1. The minimum atomic E-state index is -0.0840. The predicted molar refractivity (Wildman–Crippen MR) is 64.9 cm³/mol. The zero-order valence-electron chi connectivity index (χ0n) is 10.6. The average Bonchev–Trinajstić information content (AvgIpc) is 2.87. The quantitative estimate of drug-likeness (QED) is 0.851. The van der Waals surface area contributed by atoms with Crippen molar-refractivity contribution in [1.82, 2.24) is 10.1 Å². The molecule has 0 saturated carbocycles. The van der Waals surface area contributed by atoms with Crippen LogP contribution in [0.2, 0.25) is 0 Å². The number of likely N-dealkylation sites (tertiary alicyclic amines) is 1. The van der Waals surface area contributed by atoms with Crippen LogP contribution in [0.25, 0.3) is 0 Å². The number of piperidine rings is 1. The van der Waals surface area contributed by atoms with Crippen LogP contribution in [0.5, 0.6) is 0 Å². The van der Waals surface area contributed by atoms with Crippen molar-refractivity contribution in [3.63, 3.8) is 0 Å². The molecule has 18 heavy (non-hydrogen) atoms. The number of hydrogen-bond donors (Lipinski definition) is 1. The summed E-state index contributed by atoms with van der Waals surface area (Å²) in [5.74, 6) is 0.875. The number of nitrogens with two attached hydrogens (primary N) is 1. The van der Waals surface area contributed by atoms with Gasteiger partial charge in [-0.05, 0) is 25.3 Å². The van der Waals surface area contributed by atoms with E-state index in [9.17, 15) is 4.79 Å². The second-order valence-corrected chi connectivity index (χ2v) is 4.61. The van der Waals surface area contributed by atoms with Gasteiger partial charge in [-0.15, -0.1) is 0 Å². The van der Waals surface area contributed by atoms with Crippen molar-refractivity contribution >= 4 is 5.91 Å². The second-order valence-electron chi connectivity index (χ2n) is 4.61. The zero-order chi connectivity index (χ0) is 13.0. The highest BCUT2D eigenvalue weighted by atomic mass is 16.5. The van der Waals surface area contributed by atoms with Crippen molar-refractivity contribution in [3.8, 4) is 0 Å². The molecule has 2 heterocycles. The van der Waals surface area contributed by atoms with Crippen LogP contribution >= 0.6 is 0 Å². The van der Waals surface area contributed by atoms with E-state index < -0.39 is 0 Å². The Morgan fingerprint density at radius 3 is 3.28 bits per heavy atom. The van der Waals surface area contributed by atoms with E-state index in [2.05, 4.69) is 5.16 Å². The van der Waals surface area contributed by atoms with E-state index in [1.165, 1.54) is 0 Å². The Labute approximate surface area is 106 Å². The van der Waals surface area contributed by atoms with Gasteiger partial charge in [0.05, 0.1) is 0 Å². The van der Waals surface area contributed by atoms with E-state index in [1.807, 2.05) is 0 Å². The maximum Gasteiger partial charge on any atom is 0.276 e. The lowest BCUT2D eigenvalue weighted by Gasteiger charge is -2.31. The normalized spacial score (nSPS) is 20.1. The van der Waals surface area contributed by atoms with E-state index in [4.69, 9.17) is 15.0 Å². The molecule has 1 atom stereocenters. The molecule has 1 aromatic rings. The highest BCUT2D eigenvalue weighted by molar-refractivity contribution is 5.92. The van der Waals surface area contributed by atoms with Crippen LogP contribution < -0.4 is 5.73 Å². The number of nitrogens with zero attached hydrogens (tertiary/aromatic N) is 2. The molecule has 1 aliphatic rings. The molecular formula is C12H19N3O3. The van der Waals surface area contributed by atoms with Crippen LogP contribution in [0.4, 0.5) is 0 Å². The van der Waals surface area contributed by atoms with Gasteiger partial charge in [-0.2, -0.15) is 0 Å². The Morgan fingerprint density at radius 1 is 1.72 bits per heavy atom. The van der Waals surface area contributed by atoms with E-state index in [0.29, 0.717) is 37.1 Å². The van der Waals surface area contributed by atoms with Gasteiger partial charge in [-0.1, -0.05) is 5.16 Å². The summed E-state index contributed by atoms with van der Waals surface area (Å²) in [6, 6.07) is 1.64. The average molecular weight is 253 g/mol. The van der Waals surface area contributed by atoms with Crippen LogP contribution in [-0.4, -0.2) is 42.7 Å². The van der Waals surface area contributed by atoms with Crippen LogP contribution in [0.1, 0.15) is 29.1 Å². The van der Waals surface area contributed by atoms with Crippen LogP contribution in [0, 0.1) is 5.92 Å². The maximum absolute atomic E-state index is 12.2. The molecule has 0 aliphatic carbocycles. The van der Waals surface area contributed by atoms with Gasteiger partial charge in [0.1, 0.15) is 6.61 Å². The summed E-state index contributed by atoms with van der Waals surface area (Å²) >= 11 is 0. The predicted octanol–water partition coefficient (Wildman–Crippen LogP) is 0.632. The molecule has 6 heteroatoms. The lowest BCUT2D eigenvalue weighted by Crippen LogP contribution is -2.42. The third-order valence-electron chi connectivity index (χ3n) is 3.20. The first kappa shape index (κ1) is 13.0. The molecule has 1 unspecified atom stereocenters.